The van der Waals surface area contributed by atoms with Gasteiger partial charge in [0.2, 0.25) is 5.91 Å². The third-order valence-electron chi connectivity index (χ3n) is 4.05. The highest BCUT2D eigenvalue weighted by molar-refractivity contribution is 7.10. The van der Waals surface area contributed by atoms with Crippen molar-refractivity contribution in [3.05, 3.63) is 22.4 Å². The molecule has 1 aliphatic rings. The molecule has 1 aromatic heterocycles. The van der Waals surface area contributed by atoms with E-state index in [2.05, 4.69) is 36.3 Å². The fourth-order valence-corrected chi connectivity index (χ4v) is 4.01. The smallest absolute Gasteiger partial charge is 0.223 e. The number of likely N-dealkylation sites (tertiary alicyclic amines) is 1. The van der Waals surface area contributed by atoms with Crippen LogP contribution in [-0.2, 0) is 4.79 Å². The van der Waals surface area contributed by atoms with Gasteiger partial charge in [0, 0.05) is 17.8 Å². The van der Waals surface area contributed by atoms with Crippen LogP contribution >= 0.6 is 11.3 Å². The Bertz CT molecular complexity index is 416. The van der Waals surface area contributed by atoms with E-state index < -0.39 is 0 Å². The number of carbonyl (C=O) groups excluding carboxylic acids is 1. The second kappa shape index (κ2) is 7.23. The predicted molar refractivity (Wildman–Crippen MR) is 84.6 cm³/mol. The summed E-state index contributed by atoms with van der Waals surface area (Å²) in [5.41, 5.74) is 5.83. The van der Waals surface area contributed by atoms with E-state index in [9.17, 15) is 4.79 Å². The summed E-state index contributed by atoms with van der Waals surface area (Å²) in [6.07, 6.45) is 3.87. The molecule has 1 aromatic rings. The second-order valence-electron chi connectivity index (χ2n) is 6.20. The molecule has 0 saturated carbocycles. The molecule has 2 N–H and O–H groups in total. The lowest BCUT2D eigenvalue weighted by Gasteiger charge is -2.26. The fourth-order valence-electron chi connectivity index (χ4n) is 3.14. The summed E-state index contributed by atoms with van der Waals surface area (Å²) in [5, 5.41) is 2.09. The Balaban J connectivity index is 1.97. The number of thiophene rings is 1. The average Bonchev–Trinajstić information content (AvgIpc) is 3.07. The monoisotopic (exact) mass is 294 g/mol. The summed E-state index contributed by atoms with van der Waals surface area (Å²) < 4.78 is 0. The molecule has 1 unspecified atom stereocenters. The molecule has 1 fully saturated rings. The molecule has 0 aliphatic carbocycles. The van der Waals surface area contributed by atoms with Crippen LogP contribution in [0.1, 0.15) is 50.4 Å². The second-order valence-corrected chi connectivity index (χ2v) is 7.18. The minimum absolute atomic E-state index is 0.289. The topological polar surface area (TPSA) is 46.3 Å². The van der Waals surface area contributed by atoms with Crippen molar-refractivity contribution in [3.8, 4) is 0 Å². The Labute approximate surface area is 126 Å². The highest BCUT2D eigenvalue weighted by Crippen LogP contribution is 2.35. The summed E-state index contributed by atoms with van der Waals surface area (Å²) in [4.78, 5) is 16.0. The SMILES string of the molecule is CC(C)C[C@H](CN)CC(=O)N1CCCC1c1cccs1. The van der Waals surface area contributed by atoms with Crippen molar-refractivity contribution in [2.24, 2.45) is 17.6 Å². The largest absolute Gasteiger partial charge is 0.335 e. The van der Waals surface area contributed by atoms with Crippen LogP contribution in [0.2, 0.25) is 0 Å². The normalized spacial score (nSPS) is 20.6. The van der Waals surface area contributed by atoms with Gasteiger partial charge < -0.3 is 10.6 Å². The van der Waals surface area contributed by atoms with Gasteiger partial charge in [-0.2, -0.15) is 0 Å². The third-order valence-corrected chi connectivity index (χ3v) is 5.02. The lowest BCUT2D eigenvalue weighted by Crippen LogP contribution is -2.33. The van der Waals surface area contributed by atoms with Gasteiger partial charge in [0.05, 0.1) is 6.04 Å². The molecular weight excluding hydrogens is 268 g/mol. The molecule has 0 aromatic carbocycles. The van der Waals surface area contributed by atoms with Crippen LogP contribution in [0.4, 0.5) is 0 Å². The zero-order valence-electron chi connectivity index (χ0n) is 12.5. The van der Waals surface area contributed by atoms with Crippen molar-refractivity contribution in [3.63, 3.8) is 0 Å². The van der Waals surface area contributed by atoms with Gasteiger partial charge in [0.25, 0.3) is 0 Å². The van der Waals surface area contributed by atoms with E-state index in [1.165, 1.54) is 4.88 Å². The van der Waals surface area contributed by atoms with Crippen LogP contribution in [0.25, 0.3) is 0 Å². The maximum Gasteiger partial charge on any atom is 0.223 e. The number of hydrogen-bond donors (Lipinski definition) is 1. The van der Waals surface area contributed by atoms with Crippen molar-refractivity contribution in [2.75, 3.05) is 13.1 Å². The molecule has 4 heteroatoms. The Hall–Kier alpha value is -0.870. The molecule has 0 spiro atoms. The van der Waals surface area contributed by atoms with Crippen LogP contribution < -0.4 is 5.73 Å². The summed E-state index contributed by atoms with van der Waals surface area (Å²) >= 11 is 1.76. The van der Waals surface area contributed by atoms with Crippen LogP contribution in [-0.4, -0.2) is 23.9 Å². The predicted octanol–water partition coefficient (Wildman–Crippen LogP) is 3.42. The van der Waals surface area contributed by atoms with E-state index in [1.54, 1.807) is 11.3 Å². The van der Waals surface area contributed by atoms with Gasteiger partial charge in [0.15, 0.2) is 0 Å². The molecule has 3 nitrogen and oxygen atoms in total. The van der Waals surface area contributed by atoms with Gasteiger partial charge >= 0.3 is 0 Å². The number of nitrogens with zero attached hydrogens (tertiary/aromatic N) is 1. The lowest BCUT2D eigenvalue weighted by molar-refractivity contribution is -0.133. The molecule has 1 amide bonds. The van der Waals surface area contributed by atoms with E-state index >= 15 is 0 Å². The van der Waals surface area contributed by atoms with E-state index in [-0.39, 0.29) is 5.91 Å². The first kappa shape index (κ1) is 15.5. The van der Waals surface area contributed by atoms with Crippen LogP contribution in [0, 0.1) is 11.8 Å². The minimum atomic E-state index is 0.289. The minimum Gasteiger partial charge on any atom is -0.335 e. The average molecular weight is 294 g/mol. The van der Waals surface area contributed by atoms with Crippen LogP contribution in [0.5, 0.6) is 0 Å². The third kappa shape index (κ3) is 3.83. The molecule has 20 heavy (non-hydrogen) atoms. The summed E-state index contributed by atoms with van der Waals surface area (Å²) in [7, 11) is 0. The maximum absolute atomic E-state index is 12.6. The van der Waals surface area contributed by atoms with Gasteiger partial charge in [0.1, 0.15) is 0 Å². The number of rotatable bonds is 6. The quantitative estimate of drug-likeness (QED) is 0.874. The van der Waals surface area contributed by atoms with Gasteiger partial charge in [-0.3, -0.25) is 4.79 Å². The first-order valence-electron chi connectivity index (χ1n) is 7.64. The highest BCUT2D eigenvalue weighted by atomic mass is 32.1. The number of carbonyl (C=O) groups is 1. The Morgan fingerprint density at radius 2 is 2.35 bits per heavy atom. The number of amides is 1. The molecular formula is C16H26N2OS. The Kier molecular flexibility index (Phi) is 5.61. The molecule has 1 saturated heterocycles. The van der Waals surface area contributed by atoms with Crippen molar-refractivity contribution >= 4 is 17.2 Å². The summed E-state index contributed by atoms with van der Waals surface area (Å²) in [6, 6.07) is 4.53. The van der Waals surface area contributed by atoms with Crippen molar-refractivity contribution < 1.29 is 4.79 Å². The fraction of sp³-hybridized carbons (Fsp3) is 0.688. The van der Waals surface area contributed by atoms with Gasteiger partial charge in [-0.25, -0.2) is 0 Å². The van der Waals surface area contributed by atoms with Gasteiger partial charge in [-0.15, -0.1) is 11.3 Å². The van der Waals surface area contributed by atoms with Crippen molar-refractivity contribution in [1.29, 1.82) is 0 Å². The van der Waals surface area contributed by atoms with Crippen LogP contribution in [0.3, 0.4) is 0 Å². The standard InChI is InChI=1S/C16H26N2OS/c1-12(2)9-13(11-17)10-16(19)18-7-3-5-14(18)15-6-4-8-20-15/h4,6,8,12-14H,3,5,7,9-11,17H2,1-2H3/t13-,14?/m0/s1. The number of nitrogens with two attached hydrogens (primary N) is 1. The molecule has 112 valence electrons. The zero-order chi connectivity index (χ0) is 14.5. The van der Waals surface area contributed by atoms with E-state index in [0.717, 1.165) is 25.8 Å². The Morgan fingerprint density at radius 1 is 1.55 bits per heavy atom. The Morgan fingerprint density at radius 3 is 2.95 bits per heavy atom. The molecule has 0 bridgehead atoms. The molecule has 2 atom stereocenters. The van der Waals surface area contributed by atoms with Gasteiger partial charge in [-0.1, -0.05) is 19.9 Å². The first-order chi connectivity index (χ1) is 9.61. The van der Waals surface area contributed by atoms with Crippen molar-refractivity contribution in [2.45, 2.75) is 45.6 Å². The molecule has 2 rings (SSSR count). The number of hydrogen-bond acceptors (Lipinski definition) is 3. The molecule has 0 radical (unpaired) electrons. The maximum atomic E-state index is 12.6. The zero-order valence-corrected chi connectivity index (χ0v) is 13.4. The van der Waals surface area contributed by atoms with Crippen LogP contribution in [0.15, 0.2) is 17.5 Å². The van der Waals surface area contributed by atoms with E-state index in [4.69, 9.17) is 5.73 Å². The summed E-state index contributed by atoms with van der Waals surface area (Å²) in [5.74, 6) is 1.21. The van der Waals surface area contributed by atoms with Gasteiger partial charge in [-0.05, 0) is 49.1 Å². The summed E-state index contributed by atoms with van der Waals surface area (Å²) in [6.45, 7) is 5.90. The highest BCUT2D eigenvalue weighted by Gasteiger charge is 2.31. The first-order valence-corrected chi connectivity index (χ1v) is 8.52. The lowest BCUT2D eigenvalue weighted by atomic mass is 9.93. The van der Waals surface area contributed by atoms with Crippen molar-refractivity contribution in [1.82, 2.24) is 4.90 Å². The molecule has 2 heterocycles. The van der Waals surface area contributed by atoms with E-state index in [0.29, 0.717) is 30.8 Å². The van der Waals surface area contributed by atoms with E-state index in [1.807, 2.05) is 0 Å². The molecule has 1 aliphatic heterocycles.